The maximum Gasteiger partial charge on any atom is 0.345 e. The van der Waals surface area contributed by atoms with Crippen molar-refractivity contribution in [2.24, 2.45) is 10.7 Å². The average molecular weight is 472 g/mol. The van der Waals surface area contributed by atoms with Gasteiger partial charge in [-0.05, 0) is 53.3 Å². The molecule has 5 rings (SSSR count). The quantitative estimate of drug-likeness (QED) is 0.534. The van der Waals surface area contributed by atoms with E-state index in [9.17, 15) is 14.7 Å². The predicted octanol–water partition coefficient (Wildman–Crippen LogP) is 4.40. The molecule has 0 radical (unpaired) electrons. The topological polar surface area (TPSA) is 96.0 Å². The summed E-state index contributed by atoms with van der Waals surface area (Å²) in [7, 11) is 0. The summed E-state index contributed by atoms with van der Waals surface area (Å²) >= 11 is 1.25. The first-order valence-electron chi connectivity index (χ1n) is 11.3. The number of carbonyl (C=O) groups excluding carboxylic acids is 1. The van der Waals surface area contributed by atoms with Gasteiger partial charge in [-0.25, -0.2) is 4.79 Å². The second kappa shape index (κ2) is 9.37. The SMILES string of the molecule is NCc1ccc2c(c1)CCN([C@@H](Cc1ccccc1)C1=NC=C(c3ccc(C(=O)O)s3)C1)C2=O. The molecule has 1 aromatic heterocycles. The molecular formula is C27H25N3O3S. The number of amides is 1. The number of aromatic carboxylic acids is 1. The molecule has 172 valence electrons. The van der Waals surface area contributed by atoms with Crippen LogP contribution in [0.1, 0.15) is 48.0 Å². The van der Waals surface area contributed by atoms with E-state index in [-0.39, 0.29) is 11.9 Å². The number of fused-ring (bicyclic) bond motifs is 1. The van der Waals surface area contributed by atoms with Crippen molar-refractivity contribution in [2.75, 3.05) is 6.54 Å². The van der Waals surface area contributed by atoms with Crippen LogP contribution >= 0.6 is 11.3 Å². The Morgan fingerprint density at radius 1 is 1.12 bits per heavy atom. The number of carboxylic acid groups (broad SMARTS) is 1. The molecule has 34 heavy (non-hydrogen) atoms. The van der Waals surface area contributed by atoms with E-state index in [2.05, 4.69) is 12.1 Å². The van der Waals surface area contributed by atoms with Crippen molar-refractivity contribution in [2.45, 2.75) is 31.8 Å². The van der Waals surface area contributed by atoms with Gasteiger partial charge in [-0.15, -0.1) is 11.3 Å². The van der Waals surface area contributed by atoms with E-state index in [0.29, 0.717) is 30.8 Å². The van der Waals surface area contributed by atoms with Crippen molar-refractivity contribution in [3.05, 3.63) is 98.9 Å². The molecule has 2 aliphatic rings. The molecule has 7 heteroatoms. The van der Waals surface area contributed by atoms with Gasteiger partial charge < -0.3 is 15.7 Å². The number of carbonyl (C=O) groups is 2. The molecule has 1 amide bonds. The van der Waals surface area contributed by atoms with Crippen molar-refractivity contribution in [3.63, 3.8) is 0 Å². The first-order chi connectivity index (χ1) is 16.5. The van der Waals surface area contributed by atoms with E-state index in [1.165, 1.54) is 11.3 Å². The van der Waals surface area contributed by atoms with Crippen LogP contribution in [0.2, 0.25) is 0 Å². The van der Waals surface area contributed by atoms with Gasteiger partial charge in [-0.2, -0.15) is 0 Å². The van der Waals surface area contributed by atoms with Crippen LogP contribution in [0, 0.1) is 0 Å². The zero-order valence-corrected chi connectivity index (χ0v) is 19.4. The fourth-order valence-corrected chi connectivity index (χ4v) is 5.51. The van der Waals surface area contributed by atoms with E-state index in [0.717, 1.165) is 44.8 Å². The van der Waals surface area contributed by atoms with E-state index in [4.69, 9.17) is 10.7 Å². The molecule has 3 aromatic rings. The fourth-order valence-electron chi connectivity index (χ4n) is 4.66. The number of nitrogens with two attached hydrogens (primary N) is 1. The van der Waals surface area contributed by atoms with Crippen molar-refractivity contribution < 1.29 is 14.7 Å². The first kappa shape index (κ1) is 22.3. The highest BCUT2D eigenvalue weighted by atomic mass is 32.1. The van der Waals surface area contributed by atoms with Gasteiger partial charge in [-0.3, -0.25) is 9.79 Å². The van der Waals surface area contributed by atoms with Gasteiger partial charge >= 0.3 is 5.97 Å². The van der Waals surface area contributed by atoms with Crippen molar-refractivity contribution in [1.82, 2.24) is 4.90 Å². The third-order valence-electron chi connectivity index (χ3n) is 6.44. The Labute approximate surface area is 202 Å². The molecule has 0 saturated heterocycles. The molecule has 3 heterocycles. The van der Waals surface area contributed by atoms with Crippen LogP contribution in [0.15, 0.2) is 71.9 Å². The summed E-state index contributed by atoms with van der Waals surface area (Å²) in [6.45, 7) is 1.08. The Morgan fingerprint density at radius 2 is 1.94 bits per heavy atom. The Morgan fingerprint density at radius 3 is 2.68 bits per heavy atom. The number of allylic oxidation sites excluding steroid dienone is 1. The van der Waals surface area contributed by atoms with Gasteiger partial charge in [0.15, 0.2) is 0 Å². The third kappa shape index (κ3) is 4.32. The van der Waals surface area contributed by atoms with Crippen molar-refractivity contribution in [1.29, 1.82) is 0 Å². The molecule has 0 bridgehead atoms. The molecule has 0 aliphatic carbocycles. The number of thiophene rings is 1. The van der Waals surface area contributed by atoms with Gasteiger partial charge in [0.1, 0.15) is 4.88 Å². The summed E-state index contributed by atoms with van der Waals surface area (Å²) in [5.41, 5.74) is 11.7. The van der Waals surface area contributed by atoms with Crippen molar-refractivity contribution in [3.8, 4) is 0 Å². The number of hydrogen-bond acceptors (Lipinski definition) is 5. The van der Waals surface area contributed by atoms with Crippen molar-refractivity contribution >= 4 is 34.5 Å². The minimum absolute atomic E-state index is 0.0196. The Kier molecular flexibility index (Phi) is 6.13. The van der Waals surface area contributed by atoms with Crippen LogP contribution in [-0.2, 0) is 19.4 Å². The third-order valence-corrected chi connectivity index (χ3v) is 7.59. The summed E-state index contributed by atoms with van der Waals surface area (Å²) in [5.74, 6) is -0.903. The van der Waals surface area contributed by atoms with Gasteiger partial charge in [0.2, 0.25) is 0 Å². The first-order valence-corrected chi connectivity index (χ1v) is 12.1. The monoisotopic (exact) mass is 471 g/mol. The van der Waals surface area contributed by atoms with Gasteiger partial charge in [0, 0.05) is 41.9 Å². The van der Waals surface area contributed by atoms with Gasteiger partial charge in [0.05, 0.1) is 6.04 Å². The molecule has 1 atom stereocenters. The molecule has 0 fully saturated rings. The minimum atomic E-state index is -0.923. The number of benzene rings is 2. The molecular weight excluding hydrogens is 446 g/mol. The minimum Gasteiger partial charge on any atom is -0.477 e. The van der Waals surface area contributed by atoms with E-state index >= 15 is 0 Å². The van der Waals surface area contributed by atoms with Crippen LogP contribution < -0.4 is 5.73 Å². The summed E-state index contributed by atoms with van der Waals surface area (Å²) in [6.07, 6.45) is 3.87. The molecule has 0 spiro atoms. The lowest BCUT2D eigenvalue weighted by Gasteiger charge is -2.36. The zero-order chi connectivity index (χ0) is 23.7. The highest BCUT2D eigenvalue weighted by Crippen LogP contribution is 2.33. The van der Waals surface area contributed by atoms with E-state index in [1.54, 1.807) is 6.07 Å². The Bertz CT molecular complexity index is 1310. The van der Waals surface area contributed by atoms with E-state index in [1.807, 2.05) is 53.6 Å². The smallest absolute Gasteiger partial charge is 0.345 e. The van der Waals surface area contributed by atoms with Gasteiger partial charge in [0.25, 0.3) is 5.91 Å². The second-order valence-corrected chi connectivity index (χ2v) is 9.65. The number of rotatable bonds is 7. The second-order valence-electron chi connectivity index (χ2n) is 8.57. The van der Waals surface area contributed by atoms with Crippen LogP contribution in [0.3, 0.4) is 0 Å². The summed E-state index contributed by atoms with van der Waals surface area (Å²) in [6, 6.07) is 19.3. The standard InChI is InChI=1S/C27H25N3O3S/c28-15-18-6-7-21-19(12-18)10-11-30(26(21)31)23(13-17-4-2-1-3-5-17)22-14-20(16-29-22)24-8-9-25(34-24)27(32)33/h1-9,12,16,23H,10-11,13-15,28H2,(H,32,33)/t23-/m0/s1. The van der Waals surface area contributed by atoms with Crippen LogP contribution in [-0.4, -0.2) is 40.2 Å². The predicted molar refractivity (Wildman–Crippen MR) is 134 cm³/mol. The summed E-state index contributed by atoms with van der Waals surface area (Å²) in [5, 5.41) is 9.27. The number of hydrogen-bond donors (Lipinski definition) is 2. The largest absolute Gasteiger partial charge is 0.477 e. The van der Waals surface area contributed by atoms with Crippen LogP contribution in [0.25, 0.3) is 5.57 Å². The van der Waals surface area contributed by atoms with Crippen LogP contribution in [0.4, 0.5) is 0 Å². The van der Waals surface area contributed by atoms with E-state index < -0.39 is 5.97 Å². The Hall–Kier alpha value is -3.55. The summed E-state index contributed by atoms with van der Waals surface area (Å²) in [4.78, 5) is 32.8. The normalized spacial score (nSPS) is 16.1. The molecule has 2 aromatic carbocycles. The number of nitrogens with zero attached hydrogens (tertiary/aromatic N) is 2. The lowest BCUT2D eigenvalue weighted by molar-refractivity contribution is 0.0695. The Balaban J connectivity index is 1.42. The zero-order valence-electron chi connectivity index (χ0n) is 18.6. The summed E-state index contributed by atoms with van der Waals surface area (Å²) < 4.78 is 0. The fraction of sp³-hybridized carbons (Fsp3) is 0.222. The maximum atomic E-state index is 13.6. The van der Waals surface area contributed by atoms with Crippen LogP contribution in [0.5, 0.6) is 0 Å². The average Bonchev–Trinajstić information content (AvgIpc) is 3.54. The lowest BCUT2D eigenvalue weighted by atomic mass is 9.91. The van der Waals surface area contributed by atoms with Gasteiger partial charge in [-0.1, -0.05) is 42.5 Å². The molecule has 3 N–H and O–H groups in total. The molecule has 6 nitrogen and oxygen atoms in total. The maximum absolute atomic E-state index is 13.6. The molecule has 2 aliphatic heterocycles. The molecule has 0 unspecified atom stereocenters. The molecule has 0 saturated carbocycles. The highest BCUT2D eigenvalue weighted by molar-refractivity contribution is 7.15. The number of aliphatic imine (C=N–C) groups is 1. The lowest BCUT2D eigenvalue weighted by Crippen LogP contribution is -2.49. The number of carboxylic acids is 1. The highest BCUT2D eigenvalue weighted by Gasteiger charge is 2.34.